The van der Waals surface area contributed by atoms with Crippen molar-refractivity contribution in [2.24, 2.45) is 5.92 Å². The number of halogens is 2. The van der Waals surface area contributed by atoms with Crippen LogP contribution in [0.4, 0.5) is 0 Å². The molecule has 0 spiro atoms. The Labute approximate surface area is 191 Å². The lowest BCUT2D eigenvalue weighted by molar-refractivity contribution is -0.126. The zero-order chi connectivity index (χ0) is 21.8. The summed E-state index contributed by atoms with van der Waals surface area (Å²) < 4.78 is 5.41. The van der Waals surface area contributed by atoms with Crippen LogP contribution in [0.3, 0.4) is 0 Å². The Bertz CT molecular complexity index is 1060. The first-order chi connectivity index (χ1) is 15.0. The third kappa shape index (κ3) is 5.45. The summed E-state index contributed by atoms with van der Waals surface area (Å²) in [5.41, 5.74) is 3.03. The fraction of sp³-hybridized carbons (Fsp3) is 0.348. The average molecular weight is 459 g/mol. The lowest BCUT2D eigenvalue weighted by Crippen LogP contribution is -2.40. The van der Waals surface area contributed by atoms with E-state index in [1.54, 1.807) is 18.2 Å². The number of aryl methyl sites for hydroxylation is 1. The minimum atomic E-state index is 0.0337. The number of nitrogens with zero attached hydrogens (tertiary/aromatic N) is 3. The van der Waals surface area contributed by atoms with Gasteiger partial charge in [0, 0.05) is 23.0 Å². The van der Waals surface area contributed by atoms with Crippen molar-refractivity contribution >= 4 is 29.1 Å². The predicted molar refractivity (Wildman–Crippen MR) is 121 cm³/mol. The number of hydrogen-bond acceptors (Lipinski definition) is 5. The Morgan fingerprint density at radius 3 is 2.71 bits per heavy atom. The molecule has 0 aliphatic carbocycles. The molecule has 2 heterocycles. The van der Waals surface area contributed by atoms with Gasteiger partial charge < -0.3 is 9.84 Å². The third-order valence-corrected chi connectivity index (χ3v) is 6.22. The highest BCUT2D eigenvalue weighted by Gasteiger charge is 2.26. The number of carbonyl (C=O) groups is 1. The fourth-order valence-corrected chi connectivity index (χ4v) is 4.27. The van der Waals surface area contributed by atoms with Gasteiger partial charge in [-0.3, -0.25) is 9.69 Å². The monoisotopic (exact) mass is 458 g/mol. The SMILES string of the molecule is Cc1ccccc1CNC(=O)C1CCN(Cc2nc(-c3ccc(Cl)cc3Cl)no2)CC1. The van der Waals surface area contributed by atoms with Crippen LogP contribution in [0.25, 0.3) is 11.4 Å². The van der Waals surface area contributed by atoms with Crippen LogP contribution in [0.15, 0.2) is 47.0 Å². The molecule has 3 aromatic rings. The minimum absolute atomic E-state index is 0.0337. The number of carbonyl (C=O) groups excluding carboxylic acids is 1. The molecule has 0 atom stereocenters. The molecule has 0 unspecified atom stereocenters. The summed E-state index contributed by atoms with van der Waals surface area (Å²) in [6, 6.07) is 13.3. The summed E-state index contributed by atoms with van der Waals surface area (Å²) in [7, 11) is 0. The first-order valence-corrected chi connectivity index (χ1v) is 11.1. The van der Waals surface area contributed by atoms with Gasteiger partial charge >= 0.3 is 0 Å². The Morgan fingerprint density at radius 1 is 1.19 bits per heavy atom. The van der Waals surface area contributed by atoms with Gasteiger partial charge in [-0.1, -0.05) is 52.6 Å². The standard InChI is InChI=1S/C23H24Cl2N4O2/c1-15-4-2-3-5-17(15)13-26-23(30)16-8-10-29(11-9-16)14-21-27-22(28-31-21)19-7-6-18(24)12-20(19)25/h2-7,12,16H,8-11,13-14H2,1H3,(H,26,30). The lowest BCUT2D eigenvalue weighted by atomic mass is 9.95. The number of amides is 1. The molecule has 1 aromatic heterocycles. The maximum absolute atomic E-state index is 12.6. The quantitative estimate of drug-likeness (QED) is 0.569. The van der Waals surface area contributed by atoms with Crippen molar-refractivity contribution in [3.05, 3.63) is 69.5 Å². The third-order valence-electron chi connectivity index (χ3n) is 5.67. The molecule has 6 nitrogen and oxygen atoms in total. The van der Waals surface area contributed by atoms with E-state index in [-0.39, 0.29) is 11.8 Å². The molecule has 1 aliphatic heterocycles. The largest absolute Gasteiger partial charge is 0.352 e. The van der Waals surface area contributed by atoms with Crippen molar-refractivity contribution in [3.63, 3.8) is 0 Å². The lowest BCUT2D eigenvalue weighted by Gasteiger charge is -2.30. The van der Waals surface area contributed by atoms with Gasteiger partial charge in [-0.05, 0) is 62.2 Å². The van der Waals surface area contributed by atoms with Gasteiger partial charge in [0.1, 0.15) is 0 Å². The molecular weight excluding hydrogens is 435 g/mol. The molecule has 4 rings (SSSR count). The van der Waals surface area contributed by atoms with Crippen molar-refractivity contribution in [2.45, 2.75) is 32.9 Å². The zero-order valence-corrected chi connectivity index (χ0v) is 18.8. The number of aromatic nitrogens is 2. The van der Waals surface area contributed by atoms with Gasteiger partial charge in [0.2, 0.25) is 17.6 Å². The maximum atomic E-state index is 12.6. The van der Waals surface area contributed by atoms with Crippen molar-refractivity contribution in [1.29, 1.82) is 0 Å². The summed E-state index contributed by atoms with van der Waals surface area (Å²) in [6.45, 7) is 4.80. The van der Waals surface area contributed by atoms with Crippen LogP contribution in [0.2, 0.25) is 10.0 Å². The van der Waals surface area contributed by atoms with Gasteiger partial charge in [0.25, 0.3) is 0 Å². The normalized spacial score (nSPS) is 15.2. The molecule has 1 N–H and O–H groups in total. The molecule has 1 amide bonds. The summed E-state index contributed by atoms with van der Waals surface area (Å²) in [4.78, 5) is 19.3. The highest BCUT2D eigenvalue weighted by atomic mass is 35.5. The Morgan fingerprint density at radius 2 is 1.97 bits per heavy atom. The number of likely N-dealkylation sites (tertiary alicyclic amines) is 1. The molecule has 1 saturated heterocycles. The molecule has 0 radical (unpaired) electrons. The van der Waals surface area contributed by atoms with Crippen molar-refractivity contribution < 1.29 is 9.32 Å². The summed E-state index contributed by atoms with van der Waals surface area (Å²) in [5, 5.41) is 8.17. The Hall–Kier alpha value is -2.41. The second-order valence-corrected chi connectivity index (χ2v) is 8.67. The van der Waals surface area contributed by atoms with Crippen LogP contribution in [0, 0.1) is 12.8 Å². The highest BCUT2D eigenvalue weighted by Crippen LogP contribution is 2.28. The molecule has 0 bridgehead atoms. The van der Waals surface area contributed by atoms with Gasteiger partial charge in [0.05, 0.1) is 11.6 Å². The molecule has 1 aliphatic rings. The molecule has 0 saturated carbocycles. The van der Waals surface area contributed by atoms with Gasteiger partial charge in [0.15, 0.2) is 0 Å². The summed E-state index contributed by atoms with van der Waals surface area (Å²) in [6.07, 6.45) is 1.62. The number of piperidine rings is 1. The molecule has 162 valence electrons. The maximum Gasteiger partial charge on any atom is 0.241 e. The van der Waals surface area contributed by atoms with E-state index in [1.807, 2.05) is 18.2 Å². The van der Waals surface area contributed by atoms with Crippen molar-refractivity contribution in [3.8, 4) is 11.4 Å². The minimum Gasteiger partial charge on any atom is -0.352 e. The van der Waals surface area contributed by atoms with Crippen molar-refractivity contribution in [2.75, 3.05) is 13.1 Å². The molecule has 2 aromatic carbocycles. The number of nitrogens with one attached hydrogen (secondary N) is 1. The van der Waals surface area contributed by atoms with Crippen LogP contribution in [0.5, 0.6) is 0 Å². The van der Waals surface area contributed by atoms with Gasteiger partial charge in [-0.25, -0.2) is 0 Å². The van der Waals surface area contributed by atoms with E-state index in [4.69, 9.17) is 27.7 Å². The highest BCUT2D eigenvalue weighted by molar-refractivity contribution is 6.36. The molecular formula is C23H24Cl2N4O2. The molecule has 1 fully saturated rings. The second kappa shape index (κ2) is 9.81. The van der Waals surface area contributed by atoms with E-state index in [0.29, 0.717) is 40.4 Å². The van der Waals surface area contributed by atoms with Gasteiger partial charge in [-0.15, -0.1) is 0 Å². The summed E-state index contributed by atoms with van der Waals surface area (Å²) >= 11 is 12.2. The number of rotatable bonds is 6. The molecule has 8 heteroatoms. The predicted octanol–water partition coefficient (Wildman–Crippen LogP) is 4.88. The van der Waals surface area contributed by atoms with Crippen molar-refractivity contribution in [1.82, 2.24) is 20.4 Å². The van der Waals surface area contributed by atoms with E-state index in [9.17, 15) is 4.79 Å². The summed E-state index contributed by atoms with van der Waals surface area (Å²) in [5.74, 6) is 1.14. The topological polar surface area (TPSA) is 71.3 Å². The molecule has 31 heavy (non-hydrogen) atoms. The van der Waals surface area contributed by atoms with E-state index in [1.165, 1.54) is 5.56 Å². The smallest absolute Gasteiger partial charge is 0.241 e. The van der Waals surface area contributed by atoms with Crippen LogP contribution in [-0.2, 0) is 17.9 Å². The second-order valence-electron chi connectivity index (χ2n) is 7.83. The first-order valence-electron chi connectivity index (χ1n) is 10.3. The fourth-order valence-electron chi connectivity index (χ4n) is 3.78. The van der Waals surface area contributed by atoms with Crippen LogP contribution in [0.1, 0.15) is 29.9 Å². The van der Waals surface area contributed by atoms with Crippen LogP contribution < -0.4 is 5.32 Å². The van der Waals surface area contributed by atoms with E-state index >= 15 is 0 Å². The Balaban J connectivity index is 1.27. The number of benzene rings is 2. The first kappa shape index (κ1) is 21.8. The van der Waals surface area contributed by atoms with E-state index in [2.05, 4.69) is 33.3 Å². The van der Waals surface area contributed by atoms with Gasteiger partial charge in [-0.2, -0.15) is 4.98 Å². The van der Waals surface area contributed by atoms with E-state index < -0.39 is 0 Å². The Kier molecular flexibility index (Phi) is 6.90. The van der Waals surface area contributed by atoms with Crippen LogP contribution >= 0.6 is 23.2 Å². The zero-order valence-electron chi connectivity index (χ0n) is 17.3. The average Bonchev–Trinajstić information content (AvgIpc) is 3.21. The number of hydrogen-bond donors (Lipinski definition) is 1. The van der Waals surface area contributed by atoms with E-state index in [0.717, 1.165) is 31.5 Å². The van der Waals surface area contributed by atoms with Crippen LogP contribution in [-0.4, -0.2) is 34.0 Å².